The molecule has 7 heteroatoms. The van der Waals surface area contributed by atoms with Crippen molar-refractivity contribution in [2.75, 3.05) is 0 Å². The zero-order valence-electron chi connectivity index (χ0n) is 14.2. The van der Waals surface area contributed by atoms with Crippen LogP contribution in [0.4, 0.5) is 0 Å². The van der Waals surface area contributed by atoms with Gasteiger partial charge in [0.2, 0.25) is 5.91 Å². The Bertz CT molecular complexity index is 998. The molecule has 0 bridgehead atoms. The molecular weight excluding hydrogens is 318 g/mol. The molecule has 1 N–H and O–H groups in total. The Morgan fingerprint density at radius 1 is 1.28 bits per heavy atom. The van der Waals surface area contributed by atoms with E-state index in [1.807, 2.05) is 6.92 Å². The molecule has 1 aliphatic rings. The second-order valence-electron chi connectivity index (χ2n) is 6.72. The van der Waals surface area contributed by atoms with Gasteiger partial charge in [-0.3, -0.25) is 14.2 Å². The minimum Gasteiger partial charge on any atom is -0.352 e. The average Bonchev–Trinajstić information content (AvgIpc) is 3.01. The molecule has 0 aliphatic heterocycles. The van der Waals surface area contributed by atoms with Crippen molar-refractivity contribution in [3.05, 3.63) is 40.4 Å². The lowest BCUT2D eigenvalue weighted by Gasteiger charge is -2.23. The van der Waals surface area contributed by atoms with Crippen LogP contribution in [0.15, 0.2) is 29.2 Å². The number of carbonyl (C=O) groups excluding carboxylic acids is 1. The molecule has 0 unspecified atom stereocenters. The first kappa shape index (κ1) is 15.8. The van der Waals surface area contributed by atoms with Crippen LogP contribution in [0.1, 0.15) is 37.8 Å². The van der Waals surface area contributed by atoms with Crippen LogP contribution in [0.2, 0.25) is 0 Å². The summed E-state index contributed by atoms with van der Waals surface area (Å²) in [6.07, 6.45) is 7.24. The molecule has 130 valence electrons. The first-order valence-corrected chi connectivity index (χ1v) is 8.77. The molecular formula is C18H21N5O2. The Labute approximate surface area is 144 Å². The average molecular weight is 339 g/mol. The normalized spacial score (nSPS) is 15.7. The molecule has 1 amide bonds. The van der Waals surface area contributed by atoms with E-state index in [0.29, 0.717) is 16.7 Å². The Balaban J connectivity index is 1.73. The maximum absolute atomic E-state index is 12.9. The SMILES string of the molecule is Cc1cc2c(=O)n(CC(=O)NC3CCCCC3)c3cccnc3n2n1. The smallest absolute Gasteiger partial charge is 0.277 e. The van der Waals surface area contributed by atoms with Gasteiger partial charge in [-0.2, -0.15) is 5.10 Å². The van der Waals surface area contributed by atoms with Crippen molar-refractivity contribution in [3.8, 4) is 0 Å². The van der Waals surface area contributed by atoms with Crippen LogP contribution in [0, 0.1) is 6.92 Å². The van der Waals surface area contributed by atoms with Crippen LogP contribution in [0.25, 0.3) is 16.7 Å². The summed E-state index contributed by atoms with van der Waals surface area (Å²) in [6.45, 7) is 1.83. The van der Waals surface area contributed by atoms with E-state index in [2.05, 4.69) is 15.4 Å². The number of rotatable bonds is 3. The molecule has 1 fully saturated rings. The molecule has 0 spiro atoms. The van der Waals surface area contributed by atoms with Gasteiger partial charge in [0.25, 0.3) is 5.56 Å². The fraction of sp³-hybridized carbons (Fsp3) is 0.444. The van der Waals surface area contributed by atoms with Crippen molar-refractivity contribution in [2.45, 2.75) is 51.6 Å². The predicted molar refractivity (Wildman–Crippen MR) is 94.5 cm³/mol. The van der Waals surface area contributed by atoms with Crippen LogP contribution >= 0.6 is 0 Å². The highest BCUT2D eigenvalue weighted by Crippen LogP contribution is 2.17. The minimum atomic E-state index is -0.222. The van der Waals surface area contributed by atoms with E-state index in [1.165, 1.54) is 11.0 Å². The lowest BCUT2D eigenvalue weighted by molar-refractivity contribution is -0.122. The van der Waals surface area contributed by atoms with E-state index < -0.39 is 0 Å². The summed E-state index contributed by atoms with van der Waals surface area (Å²) in [5.41, 5.74) is 2.15. The molecule has 0 radical (unpaired) electrons. The molecule has 3 aromatic rings. The quantitative estimate of drug-likeness (QED) is 0.789. The molecule has 0 atom stereocenters. The zero-order chi connectivity index (χ0) is 17.4. The Kier molecular flexibility index (Phi) is 3.99. The number of pyridine rings is 1. The summed E-state index contributed by atoms with van der Waals surface area (Å²) in [5.74, 6) is -0.125. The first-order chi connectivity index (χ1) is 12.1. The molecule has 25 heavy (non-hydrogen) atoms. The molecule has 1 aliphatic carbocycles. The van der Waals surface area contributed by atoms with E-state index in [0.717, 1.165) is 31.4 Å². The second kappa shape index (κ2) is 6.31. The highest BCUT2D eigenvalue weighted by Gasteiger charge is 2.19. The van der Waals surface area contributed by atoms with Crippen LogP contribution in [-0.2, 0) is 11.3 Å². The maximum atomic E-state index is 12.9. The largest absolute Gasteiger partial charge is 0.352 e. The van der Waals surface area contributed by atoms with Crippen molar-refractivity contribution in [2.24, 2.45) is 0 Å². The Morgan fingerprint density at radius 2 is 2.08 bits per heavy atom. The lowest BCUT2D eigenvalue weighted by Crippen LogP contribution is -2.40. The number of hydrogen-bond donors (Lipinski definition) is 1. The van der Waals surface area contributed by atoms with Crippen LogP contribution in [0.5, 0.6) is 0 Å². The number of nitrogens with zero attached hydrogens (tertiary/aromatic N) is 4. The summed E-state index contributed by atoms with van der Waals surface area (Å²) in [5, 5.41) is 7.43. The summed E-state index contributed by atoms with van der Waals surface area (Å²) in [7, 11) is 0. The number of nitrogens with one attached hydrogen (secondary N) is 1. The fourth-order valence-corrected chi connectivity index (χ4v) is 3.64. The standard InChI is InChI=1S/C18H21N5O2/c1-12-10-15-18(25)22(11-16(24)20-13-6-3-2-4-7-13)14-8-5-9-19-17(14)23(15)21-12/h5,8-10,13H,2-4,6-7,11H2,1H3,(H,20,24). The number of aromatic nitrogens is 4. The second-order valence-corrected chi connectivity index (χ2v) is 6.72. The van der Waals surface area contributed by atoms with Gasteiger partial charge in [-0.05, 0) is 38.0 Å². The predicted octanol–water partition coefficient (Wildman–Crippen LogP) is 1.80. The highest BCUT2D eigenvalue weighted by atomic mass is 16.2. The molecule has 7 nitrogen and oxygen atoms in total. The lowest BCUT2D eigenvalue weighted by atomic mass is 9.95. The molecule has 1 saturated carbocycles. The molecule has 3 aromatic heterocycles. The maximum Gasteiger partial charge on any atom is 0.277 e. The van der Waals surface area contributed by atoms with E-state index in [1.54, 1.807) is 28.9 Å². The third kappa shape index (κ3) is 2.90. The number of fused-ring (bicyclic) bond motifs is 3. The number of hydrogen-bond acceptors (Lipinski definition) is 4. The Morgan fingerprint density at radius 3 is 2.88 bits per heavy atom. The van der Waals surface area contributed by atoms with Crippen molar-refractivity contribution >= 4 is 22.6 Å². The van der Waals surface area contributed by atoms with Gasteiger partial charge >= 0.3 is 0 Å². The van der Waals surface area contributed by atoms with Crippen molar-refractivity contribution in [3.63, 3.8) is 0 Å². The van der Waals surface area contributed by atoms with Crippen molar-refractivity contribution < 1.29 is 4.79 Å². The van der Waals surface area contributed by atoms with Gasteiger partial charge in [0.05, 0.1) is 11.2 Å². The van der Waals surface area contributed by atoms with Crippen LogP contribution in [-0.4, -0.2) is 31.1 Å². The van der Waals surface area contributed by atoms with Gasteiger partial charge in [-0.1, -0.05) is 19.3 Å². The van der Waals surface area contributed by atoms with E-state index in [-0.39, 0.29) is 24.1 Å². The van der Waals surface area contributed by atoms with Gasteiger partial charge in [-0.15, -0.1) is 0 Å². The Hall–Kier alpha value is -2.70. The highest BCUT2D eigenvalue weighted by molar-refractivity contribution is 5.80. The van der Waals surface area contributed by atoms with Gasteiger partial charge in [0, 0.05) is 12.2 Å². The first-order valence-electron chi connectivity index (χ1n) is 8.77. The fourth-order valence-electron chi connectivity index (χ4n) is 3.64. The third-order valence-corrected chi connectivity index (χ3v) is 4.83. The number of amides is 1. The van der Waals surface area contributed by atoms with Crippen LogP contribution in [0.3, 0.4) is 0 Å². The van der Waals surface area contributed by atoms with E-state index >= 15 is 0 Å². The van der Waals surface area contributed by atoms with Crippen LogP contribution < -0.4 is 10.9 Å². The summed E-state index contributed by atoms with van der Waals surface area (Å²) in [6, 6.07) is 5.52. The molecule has 3 heterocycles. The van der Waals surface area contributed by atoms with Gasteiger partial charge in [0.1, 0.15) is 12.1 Å². The zero-order valence-corrected chi connectivity index (χ0v) is 14.2. The van der Waals surface area contributed by atoms with Gasteiger partial charge < -0.3 is 5.32 Å². The van der Waals surface area contributed by atoms with Gasteiger partial charge in [-0.25, -0.2) is 9.50 Å². The topological polar surface area (TPSA) is 81.3 Å². The number of carbonyl (C=O) groups is 1. The summed E-state index contributed by atoms with van der Waals surface area (Å²) < 4.78 is 3.06. The van der Waals surface area contributed by atoms with E-state index in [4.69, 9.17) is 0 Å². The van der Waals surface area contributed by atoms with Crippen molar-refractivity contribution in [1.82, 2.24) is 24.5 Å². The van der Waals surface area contributed by atoms with Crippen molar-refractivity contribution in [1.29, 1.82) is 0 Å². The van der Waals surface area contributed by atoms with E-state index in [9.17, 15) is 9.59 Å². The third-order valence-electron chi connectivity index (χ3n) is 4.83. The molecule has 0 aromatic carbocycles. The summed E-state index contributed by atoms with van der Waals surface area (Å²) >= 11 is 0. The minimum absolute atomic E-state index is 0.00173. The summed E-state index contributed by atoms with van der Waals surface area (Å²) in [4.78, 5) is 29.7. The monoisotopic (exact) mass is 339 g/mol. The molecule has 4 rings (SSSR count). The number of aryl methyl sites for hydroxylation is 1. The van der Waals surface area contributed by atoms with Gasteiger partial charge in [0.15, 0.2) is 5.65 Å². The molecule has 0 saturated heterocycles.